The third-order valence-electron chi connectivity index (χ3n) is 2.58. The van der Waals surface area contributed by atoms with Crippen LogP contribution < -0.4 is 0 Å². The third-order valence-corrected chi connectivity index (χ3v) is 2.84. The summed E-state index contributed by atoms with van der Waals surface area (Å²) in [6.07, 6.45) is 4.09. The van der Waals surface area contributed by atoms with Gasteiger partial charge in [-0.05, 0) is 19.4 Å². The molecule has 0 amide bonds. The Bertz CT molecular complexity index is 286. The normalized spacial score (nSPS) is 16.9. The first kappa shape index (κ1) is 9.93. The molecule has 78 valence electrons. The maximum Gasteiger partial charge on any atom is 0.147 e. The van der Waals surface area contributed by atoms with Crippen LogP contribution in [0.2, 0.25) is 0 Å². The number of fused-ring (bicyclic) bond motifs is 1. The predicted octanol–water partition coefficient (Wildman–Crippen LogP) is 1.11. The molecule has 5 heteroatoms. The van der Waals surface area contributed by atoms with Crippen LogP contribution in [0.4, 0.5) is 0 Å². The van der Waals surface area contributed by atoms with Gasteiger partial charge in [-0.3, -0.25) is 4.90 Å². The number of hydrogen-bond donors (Lipinski definition) is 0. The van der Waals surface area contributed by atoms with Crippen LogP contribution in [0.5, 0.6) is 0 Å². The minimum absolute atomic E-state index is 0.768. The second kappa shape index (κ2) is 4.75. The van der Waals surface area contributed by atoms with Crippen molar-refractivity contribution in [2.75, 3.05) is 19.0 Å². The van der Waals surface area contributed by atoms with E-state index >= 15 is 0 Å². The van der Waals surface area contributed by atoms with Gasteiger partial charge in [0, 0.05) is 19.0 Å². The van der Waals surface area contributed by atoms with E-state index in [1.54, 1.807) is 0 Å². The predicted molar refractivity (Wildman–Crippen MR) is 55.3 cm³/mol. The molecule has 4 nitrogen and oxygen atoms in total. The van der Waals surface area contributed by atoms with Crippen molar-refractivity contribution >= 4 is 11.6 Å². The Kier molecular flexibility index (Phi) is 3.37. The summed E-state index contributed by atoms with van der Waals surface area (Å²) in [5, 5.41) is 7.98. The van der Waals surface area contributed by atoms with Crippen molar-refractivity contribution in [2.24, 2.45) is 0 Å². The zero-order valence-corrected chi connectivity index (χ0v) is 8.95. The van der Waals surface area contributed by atoms with Crippen molar-refractivity contribution in [3.05, 3.63) is 12.2 Å². The van der Waals surface area contributed by atoms with Crippen LogP contribution in [-0.2, 0) is 13.1 Å². The third kappa shape index (κ3) is 2.25. The van der Waals surface area contributed by atoms with Crippen LogP contribution in [-0.4, -0.2) is 38.6 Å². The van der Waals surface area contributed by atoms with Crippen LogP contribution in [0.3, 0.4) is 0 Å². The molecule has 1 aliphatic heterocycles. The average Bonchev–Trinajstić information content (AvgIpc) is 2.65. The maximum atomic E-state index is 5.64. The molecule has 0 N–H and O–H groups in total. The molecule has 0 saturated carbocycles. The van der Waals surface area contributed by atoms with E-state index in [2.05, 4.69) is 19.7 Å². The molecule has 0 unspecified atom stereocenters. The number of alkyl halides is 1. The van der Waals surface area contributed by atoms with Gasteiger partial charge in [0.15, 0.2) is 0 Å². The average molecular weight is 215 g/mol. The summed E-state index contributed by atoms with van der Waals surface area (Å²) in [5.41, 5.74) is 0. The van der Waals surface area contributed by atoms with E-state index < -0.39 is 0 Å². The molecule has 1 aromatic rings. The van der Waals surface area contributed by atoms with Gasteiger partial charge in [0.05, 0.1) is 6.54 Å². The molecule has 0 fully saturated rings. The Morgan fingerprint density at radius 1 is 1.36 bits per heavy atom. The highest BCUT2D eigenvalue weighted by molar-refractivity contribution is 6.17. The number of halogens is 1. The lowest BCUT2D eigenvalue weighted by Crippen LogP contribution is -2.34. The lowest BCUT2D eigenvalue weighted by Gasteiger charge is -2.26. The van der Waals surface area contributed by atoms with Crippen LogP contribution in [0, 0.1) is 0 Å². The maximum absolute atomic E-state index is 5.64. The lowest BCUT2D eigenvalue weighted by molar-refractivity contribution is 0.214. The smallest absolute Gasteiger partial charge is 0.147 e. The summed E-state index contributed by atoms with van der Waals surface area (Å²) in [6, 6.07) is 0. The van der Waals surface area contributed by atoms with E-state index in [1.807, 2.05) is 6.33 Å². The molecule has 1 aromatic heterocycles. The molecule has 0 saturated heterocycles. The molecule has 0 aliphatic carbocycles. The Hall–Kier alpha value is -0.610. The highest BCUT2D eigenvalue weighted by Crippen LogP contribution is 2.09. The highest BCUT2D eigenvalue weighted by atomic mass is 35.5. The van der Waals surface area contributed by atoms with E-state index in [1.165, 1.54) is 6.42 Å². The van der Waals surface area contributed by atoms with Gasteiger partial charge in [-0.1, -0.05) is 0 Å². The SMILES string of the molecule is ClCCCCN1CCn2cnnc2C1. The van der Waals surface area contributed by atoms with E-state index in [-0.39, 0.29) is 0 Å². The summed E-state index contributed by atoms with van der Waals surface area (Å²) in [7, 11) is 0. The second-order valence-electron chi connectivity index (χ2n) is 3.61. The Morgan fingerprint density at radius 3 is 3.14 bits per heavy atom. The van der Waals surface area contributed by atoms with E-state index in [9.17, 15) is 0 Å². The molecule has 0 bridgehead atoms. The first-order valence-electron chi connectivity index (χ1n) is 5.05. The molecule has 0 atom stereocenters. The fourth-order valence-corrected chi connectivity index (χ4v) is 1.93. The number of hydrogen-bond acceptors (Lipinski definition) is 3. The first-order chi connectivity index (χ1) is 6.90. The van der Waals surface area contributed by atoms with Crippen molar-refractivity contribution in [1.29, 1.82) is 0 Å². The fraction of sp³-hybridized carbons (Fsp3) is 0.778. The van der Waals surface area contributed by atoms with Gasteiger partial charge >= 0.3 is 0 Å². The van der Waals surface area contributed by atoms with Crippen LogP contribution in [0.15, 0.2) is 6.33 Å². The van der Waals surface area contributed by atoms with Crippen molar-refractivity contribution in [3.8, 4) is 0 Å². The van der Waals surface area contributed by atoms with Crippen molar-refractivity contribution in [2.45, 2.75) is 25.9 Å². The van der Waals surface area contributed by atoms with E-state index in [4.69, 9.17) is 11.6 Å². The van der Waals surface area contributed by atoms with Gasteiger partial charge in [-0.15, -0.1) is 21.8 Å². The van der Waals surface area contributed by atoms with Gasteiger partial charge in [-0.2, -0.15) is 0 Å². The molecule has 2 heterocycles. The highest BCUT2D eigenvalue weighted by Gasteiger charge is 2.16. The van der Waals surface area contributed by atoms with E-state index in [0.717, 1.165) is 44.3 Å². The van der Waals surface area contributed by atoms with Gasteiger partial charge < -0.3 is 4.57 Å². The van der Waals surface area contributed by atoms with Crippen LogP contribution in [0.1, 0.15) is 18.7 Å². The Morgan fingerprint density at radius 2 is 2.29 bits per heavy atom. The number of nitrogens with zero attached hydrogens (tertiary/aromatic N) is 4. The zero-order valence-electron chi connectivity index (χ0n) is 8.19. The molecular formula is C9H15ClN4. The van der Waals surface area contributed by atoms with Crippen molar-refractivity contribution in [1.82, 2.24) is 19.7 Å². The van der Waals surface area contributed by atoms with Gasteiger partial charge in [-0.25, -0.2) is 0 Å². The lowest BCUT2D eigenvalue weighted by atomic mass is 10.3. The minimum atomic E-state index is 0.768. The Labute approximate surface area is 88.9 Å². The largest absolute Gasteiger partial charge is 0.315 e. The summed E-state index contributed by atoms with van der Waals surface area (Å²) in [6.45, 7) is 4.18. The molecular weight excluding hydrogens is 200 g/mol. The van der Waals surface area contributed by atoms with E-state index in [0.29, 0.717) is 0 Å². The van der Waals surface area contributed by atoms with Crippen molar-refractivity contribution < 1.29 is 0 Å². The van der Waals surface area contributed by atoms with Gasteiger partial charge in [0.2, 0.25) is 0 Å². The molecule has 2 rings (SSSR count). The van der Waals surface area contributed by atoms with Crippen LogP contribution in [0.25, 0.3) is 0 Å². The summed E-state index contributed by atoms with van der Waals surface area (Å²) < 4.78 is 2.12. The minimum Gasteiger partial charge on any atom is -0.315 e. The Balaban J connectivity index is 1.82. The van der Waals surface area contributed by atoms with Gasteiger partial charge in [0.1, 0.15) is 12.2 Å². The summed E-state index contributed by atoms with van der Waals surface area (Å²) in [4.78, 5) is 2.41. The first-order valence-corrected chi connectivity index (χ1v) is 5.58. The van der Waals surface area contributed by atoms with Crippen molar-refractivity contribution in [3.63, 3.8) is 0 Å². The monoisotopic (exact) mass is 214 g/mol. The fourth-order valence-electron chi connectivity index (χ4n) is 1.74. The summed E-state index contributed by atoms with van der Waals surface area (Å²) in [5.74, 6) is 1.85. The molecule has 14 heavy (non-hydrogen) atoms. The second-order valence-corrected chi connectivity index (χ2v) is 3.99. The quantitative estimate of drug-likeness (QED) is 0.556. The number of aromatic nitrogens is 3. The topological polar surface area (TPSA) is 34.0 Å². The number of rotatable bonds is 4. The molecule has 1 aliphatic rings. The molecule has 0 radical (unpaired) electrons. The summed E-state index contributed by atoms with van der Waals surface area (Å²) >= 11 is 5.64. The zero-order chi connectivity index (χ0) is 9.80. The standard InChI is InChI=1S/C9H15ClN4/c10-3-1-2-4-13-5-6-14-8-11-12-9(14)7-13/h8H,1-7H2. The number of unbranched alkanes of at least 4 members (excludes halogenated alkanes) is 1. The van der Waals surface area contributed by atoms with Gasteiger partial charge in [0.25, 0.3) is 0 Å². The molecule has 0 aromatic carbocycles. The van der Waals surface area contributed by atoms with Crippen LogP contribution >= 0.6 is 11.6 Å². The molecule has 0 spiro atoms.